The Labute approximate surface area is 163 Å². The summed E-state index contributed by atoms with van der Waals surface area (Å²) in [6, 6.07) is 7.83. The van der Waals surface area contributed by atoms with E-state index in [2.05, 4.69) is 14.9 Å². The average Bonchev–Trinajstić information content (AvgIpc) is 2.67. The fraction of sp³-hybridized carbons (Fsp3) is 0.500. The van der Waals surface area contributed by atoms with Gasteiger partial charge < -0.3 is 9.80 Å². The number of aromatic nitrogens is 2. The van der Waals surface area contributed by atoms with Crippen molar-refractivity contribution in [2.75, 3.05) is 44.0 Å². The smallest absolute Gasteiger partial charge is 0.363 e. The summed E-state index contributed by atoms with van der Waals surface area (Å²) in [4.78, 5) is 15.0. The first-order valence-electron chi connectivity index (χ1n) is 9.36. The number of hydrogen-bond donors (Lipinski definition) is 0. The predicted octanol–water partition coefficient (Wildman–Crippen LogP) is 3.66. The number of likely N-dealkylation sites (tertiary alicyclic amines) is 1. The maximum Gasteiger partial charge on any atom is 0.416 e. The van der Waals surface area contributed by atoms with Crippen molar-refractivity contribution in [1.82, 2.24) is 14.9 Å². The van der Waals surface area contributed by atoms with Crippen LogP contribution < -0.4 is 9.80 Å². The van der Waals surface area contributed by atoms with E-state index in [0.717, 1.165) is 31.3 Å². The standard InChI is InChI=1S/C20H26F3N5/c1-26(2)18-10-11-24-19(25-18)27(3)16-8-6-12-28(14-16)13-15-7-4-5-9-17(15)20(21,22)23/h4-5,7,9-11,16H,6,8,12-14H2,1-3H3. The highest BCUT2D eigenvalue weighted by Gasteiger charge is 2.34. The van der Waals surface area contributed by atoms with Gasteiger partial charge >= 0.3 is 6.18 Å². The average molecular weight is 393 g/mol. The maximum atomic E-state index is 13.3. The molecular weight excluding hydrogens is 367 g/mol. The van der Waals surface area contributed by atoms with Crippen molar-refractivity contribution in [2.24, 2.45) is 0 Å². The van der Waals surface area contributed by atoms with E-state index in [9.17, 15) is 13.2 Å². The summed E-state index contributed by atoms with van der Waals surface area (Å²) >= 11 is 0. The molecule has 1 unspecified atom stereocenters. The van der Waals surface area contributed by atoms with Crippen molar-refractivity contribution < 1.29 is 13.2 Å². The number of anilines is 2. The van der Waals surface area contributed by atoms with Crippen LogP contribution in [-0.2, 0) is 12.7 Å². The minimum atomic E-state index is -4.33. The molecule has 0 N–H and O–H groups in total. The predicted molar refractivity (Wildman–Crippen MR) is 105 cm³/mol. The van der Waals surface area contributed by atoms with Crippen molar-refractivity contribution in [3.8, 4) is 0 Å². The maximum absolute atomic E-state index is 13.3. The second-order valence-electron chi connectivity index (χ2n) is 7.41. The second kappa shape index (κ2) is 8.34. The van der Waals surface area contributed by atoms with Gasteiger partial charge in [0.2, 0.25) is 5.95 Å². The third-order valence-electron chi connectivity index (χ3n) is 5.15. The summed E-state index contributed by atoms with van der Waals surface area (Å²) in [5, 5.41) is 0. The van der Waals surface area contributed by atoms with Crippen molar-refractivity contribution >= 4 is 11.8 Å². The van der Waals surface area contributed by atoms with Crippen LogP contribution in [-0.4, -0.2) is 55.1 Å². The fourth-order valence-corrected chi connectivity index (χ4v) is 3.59. The summed E-state index contributed by atoms with van der Waals surface area (Å²) in [5.41, 5.74) is -0.225. The molecule has 1 aliphatic heterocycles. The Kier molecular flexibility index (Phi) is 6.07. The molecule has 0 bridgehead atoms. The number of hydrogen-bond acceptors (Lipinski definition) is 5. The highest BCUT2D eigenvalue weighted by atomic mass is 19.4. The molecule has 152 valence electrons. The molecule has 2 aromatic rings. The fourth-order valence-electron chi connectivity index (χ4n) is 3.59. The van der Waals surface area contributed by atoms with Gasteiger partial charge in [0.15, 0.2) is 0 Å². The molecule has 1 aliphatic rings. The monoisotopic (exact) mass is 393 g/mol. The zero-order valence-corrected chi connectivity index (χ0v) is 16.4. The zero-order chi connectivity index (χ0) is 20.3. The van der Waals surface area contributed by atoms with E-state index in [-0.39, 0.29) is 6.04 Å². The number of likely N-dealkylation sites (N-methyl/N-ethyl adjacent to an activating group) is 1. The van der Waals surface area contributed by atoms with E-state index in [0.29, 0.717) is 24.6 Å². The largest absolute Gasteiger partial charge is 0.416 e. The van der Waals surface area contributed by atoms with Crippen molar-refractivity contribution in [3.63, 3.8) is 0 Å². The summed E-state index contributed by atoms with van der Waals surface area (Å²) in [5.74, 6) is 1.46. The Morgan fingerprint density at radius 1 is 1.14 bits per heavy atom. The third kappa shape index (κ3) is 4.73. The molecule has 0 radical (unpaired) electrons. The van der Waals surface area contributed by atoms with Crippen molar-refractivity contribution in [1.29, 1.82) is 0 Å². The lowest BCUT2D eigenvalue weighted by atomic mass is 10.0. The summed E-state index contributed by atoms with van der Waals surface area (Å²) in [6.45, 7) is 1.76. The van der Waals surface area contributed by atoms with Crippen molar-refractivity contribution in [2.45, 2.75) is 31.6 Å². The Morgan fingerprint density at radius 3 is 2.61 bits per heavy atom. The Balaban J connectivity index is 1.72. The highest BCUT2D eigenvalue weighted by molar-refractivity contribution is 5.42. The number of alkyl halides is 3. The molecule has 0 aliphatic carbocycles. The first-order chi connectivity index (χ1) is 13.3. The number of nitrogens with zero attached hydrogens (tertiary/aromatic N) is 5. The van der Waals surface area contributed by atoms with Gasteiger partial charge in [0.25, 0.3) is 0 Å². The minimum absolute atomic E-state index is 0.157. The molecule has 1 aromatic carbocycles. The van der Waals surface area contributed by atoms with Crippen LogP contribution in [0, 0.1) is 0 Å². The van der Waals surface area contributed by atoms with E-state index < -0.39 is 11.7 Å². The van der Waals surface area contributed by atoms with Crippen LogP contribution >= 0.6 is 0 Å². The summed E-state index contributed by atoms with van der Waals surface area (Å²) < 4.78 is 39.9. The van der Waals surface area contributed by atoms with E-state index in [4.69, 9.17) is 0 Å². The molecule has 1 fully saturated rings. The minimum Gasteiger partial charge on any atom is -0.363 e. The molecule has 28 heavy (non-hydrogen) atoms. The second-order valence-corrected chi connectivity index (χ2v) is 7.41. The topological polar surface area (TPSA) is 35.5 Å². The van der Waals surface area contributed by atoms with Gasteiger partial charge in [-0.3, -0.25) is 4.90 Å². The molecule has 1 saturated heterocycles. The zero-order valence-electron chi connectivity index (χ0n) is 16.4. The summed E-state index contributed by atoms with van der Waals surface area (Å²) in [7, 11) is 5.80. The molecule has 0 spiro atoms. The first-order valence-corrected chi connectivity index (χ1v) is 9.36. The van der Waals surface area contributed by atoms with Gasteiger partial charge in [0, 0.05) is 46.5 Å². The lowest BCUT2D eigenvalue weighted by Gasteiger charge is -2.38. The van der Waals surface area contributed by atoms with E-state index in [1.807, 2.05) is 37.0 Å². The van der Waals surface area contributed by atoms with Gasteiger partial charge in [-0.1, -0.05) is 18.2 Å². The quantitative estimate of drug-likeness (QED) is 0.775. The van der Waals surface area contributed by atoms with Crippen LogP contribution in [0.15, 0.2) is 36.5 Å². The molecule has 5 nitrogen and oxygen atoms in total. The van der Waals surface area contributed by atoms with Crippen LogP contribution in [0.4, 0.5) is 24.9 Å². The SMILES string of the molecule is CN(C)c1ccnc(N(C)C2CCCN(Cc3ccccc3C(F)(F)F)C2)n1. The van der Waals surface area contributed by atoms with Gasteiger partial charge in [0.05, 0.1) is 5.56 Å². The first kappa shape index (κ1) is 20.4. The molecule has 1 aromatic heterocycles. The van der Waals surface area contributed by atoms with E-state index in [1.165, 1.54) is 6.07 Å². The molecule has 0 saturated carbocycles. The van der Waals surface area contributed by atoms with Crippen LogP contribution in [0.1, 0.15) is 24.0 Å². The molecule has 3 rings (SSSR count). The lowest BCUT2D eigenvalue weighted by molar-refractivity contribution is -0.138. The van der Waals surface area contributed by atoms with Gasteiger partial charge in [-0.15, -0.1) is 0 Å². The van der Waals surface area contributed by atoms with Gasteiger partial charge in [-0.25, -0.2) is 4.98 Å². The molecule has 2 heterocycles. The summed E-state index contributed by atoms with van der Waals surface area (Å²) in [6.07, 6.45) is -0.711. The van der Waals surface area contributed by atoms with Crippen LogP contribution in [0.3, 0.4) is 0 Å². The van der Waals surface area contributed by atoms with Crippen LogP contribution in [0.5, 0.6) is 0 Å². The molecule has 1 atom stereocenters. The number of rotatable bonds is 5. The normalized spacial score (nSPS) is 18.1. The Morgan fingerprint density at radius 2 is 1.89 bits per heavy atom. The highest BCUT2D eigenvalue weighted by Crippen LogP contribution is 2.33. The van der Waals surface area contributed by atoms with E-state index in [1.54, 1.807) is 18.3 Å². The van der Waals surface area contributed by atoms with E-state index >= 15 is 0 Å². The lowest BCUT2D eigenvalue weighted by Crippen LogP contribution is -2.47. The van der Waals surface area contributed by atoms with Gasteiger partial charge in [-0.2, -0.15) is 18.2 Å². The van der Waals surface area contributed by atoms with Gasteiger partial charge in [-0.05, 0) is 37.1 Å². The Bertz CT molecular complexity index is 793. The molecular formula is C20H26F3N5. The van der Waals surface area contributed by atoms with Crippen molar-refractivity contribution in [3.05, 3.63) is 47.7 Å². The number of piperidine rings is 1. The number of halogens is 3. The molecule has 0 amide bonds. The third-order valence-corrected chi connectivity index (χ3v) is 5.15. The number of benzene rings is 1. The Hall–Kier alpha value is -2.35. The van der Waals surface area contributed by atoms with Crippen LogP contribution in [0.25, 0.3) is 0 Å². The molecule has 8 heteroatoms. The van der Waals surface area contributed by atoms with Crippen LogP contribution in [0.2, 0.25) is 0 Å². The van der Waals surface area contributed by atoms with Gasteiger partial charge in [0.1, 0.15) is 5.82 Å².